The molecule has 0 saturated carbocycles. The summed E-state index contributed by atoms with van der Waals surface area (Å²) in [5.74, 6) is 2.40. The molecule has 0 atom stereocenters. The van der Waals surface area contributed by atoms with Crippen molar-refractivity contribution in [1.82, 2.24) is 9.55 Å². The number of thiophene rings is 1. The predicted molar refractivity (Wildman–Crippen MR) is 115 cm³/mol. The van der Waals surface area contributed by atoms with Gasteiger partial charge in [0.05, 0.1) is 38.8 Å². The second-order valence-electron chi connectivity index (χ2n) is 6.36. The molecule has 0 aliphatic heterocycles. The Morgan fingerprint density at radius 3 is 2.48 bits per heavy atom. The largest absolute Gasteiger partial charge is 0.497 e. The number of benzene rings is 2. The summed E-state index contributed by atoms with van der Waals surface area (Å²) in [4.78, 5) is 19.2. The molecule has 0 spiro atoms. The molecule has 0 aliphatic carbocycles. The van der Waals surface area contributed by atoms with Crippen molar-refractivity contribution >= 4 is 22.2 Å². The number of hydrogen-bond donors (Lipinski definition) is 0. The van der Waals surface area contributed by atoms with Crippen LogP contribution in [-0.2, 0) is 6.54 Å². The third kappa shape index (κ3) is 3.56. The lowest BCUT2D eigenvalue weighted by Crippen LogP contribution is -2.23. The highest BCUT2D eigenvalue weighted by molar-refractivity contribution is 7.09. The number of methoxy groups -OCH3 is 3. The van der Waals surface area contributed by atoms with Gasteiger partial charge in [-0.25, -0.2) is 4.98 Å². The van der Waals surface area contributed by atoms with Crippen LogP contribution < -0.4 is 19.8 Å². The first kappa shape index (κ1) is 19.0. The Balaban J connectivity index is 1.98. The SMILES string of the molecule is COc1ccc2c(=O)n(Cc3cccs3)c(-c3ccc(OC)c(OC)c3)nc2c1. The third-order valence-corrected chi connectivity index (χ3v) is 5.56. The van der Waals surface area contributed by atoms with Gasteiger partial charge in [-0.3, -0.25) is 9.36 Å². The van der Waals surface area contributed by atoms with Gasteiger partial charge in [-0.2, -0.15) is 0 Å². The van der Waals surface area contributed by atoms with Crippen molar-refractivity contribution in [2.75, 3.05) is 21.3 Å². The first-order chi connectivity index (χ1) is 14.1. The maximum Gasteiger partial charge on any atom is 0.261 e. The van der Waals surface area contributed by atoms with Gasteiger partial charge in [-0.05, 0) is 41.8 Å². The van der Waals surface area contributed by atoms with E-state index in [1.54, 1.807) is 55.4 Å². The van der Waals surface area contributed by atoms with Gasteiger partial charge in [0.25, 0.3) is 5.56 Å². The average Bonchev–Trinajstić information content (AvgIpc) is 3.28. The molecule has 0 saturated heterocycles. The summed E-state index contributed by atoms with van der Waals surface area (Å²) in [6, 6.07) is 14.8. The lowest BCUT2D eigenvalue weighted by molar-refractivity contribution is 0.355. The minimum Gasteiger partial charge on any atom is -0.497 e. The van der Waals surface area contributed by atoms with Gasteiger partial charge in [0, 0.05) is 16.5 Å². The summed E-state index contributed by atoms with van der Waals surface area (Å²) in [6.45, 7) is 0.440. The van der Waals surface area contributed by atoms with Crippen molar-refractivity contribution in [3.05, 3.63) is 69.1 Å². The van der Waals surface area contributed by atoms with Crippen LogP contribution in [0, 0.1) is 0 Å². The van der Waals surface area contributed by atoms with E-state index in [4.69, 9.17) is 19.2 Å². The number of hydrogen-bond acceptors (Lipinski definition) is 6. The van der Waals surface area contributed by atoms with E-state index in [9.17, 15) is 4.79 Å². The van der Waals surface area contributed by atoms with E-state index in [0.29, 0.717) is 40.5 Å². The first-order valence-corrected chi connectivity index (χ1v) is 9.86. The molecule has 29 heavy (non-hydrogen) atoms. The lowest BCUT2D eigenvalue weighted by Gasteiger charge is -2.15. The molecule has 2 aromatic carbocycles. The molecule has 2 heterocycles. The van der Waals surface area contributed by atoms with Gasteiger partial charge in [-0.15, -0.1) is 11.3 Å². The number of rotatable bonds is 6. The van der Waals surface area contributed by atoms with Crippen LogP contribution in [0.5, 0.6) is 17.2 Å². The highest BCUT2D eigenvalue weighted by Crippen LogP contribution is 2.32. The van der Waals surface area contributed by atoms with Crippen molar-refractivity contribution < 1.29 is 14.2 Å². The molecule has 4 rings (SSSR count). The van der Waals surface area contributed by atoms with Crippen LogP contribution in [0.1, 0.15) is 4.88 Å². The molecule has 4 aromatic rings. The monoisotopic (exact) mass is 408 g/mol. The predicted octanol–water partition coefficient (Wildman–Crippen LogP) is 4.20. The fraction of sp³-hybridized carbons (Fsp3) is 0.182. The van der Waals surface area contributed by atoms with Gasteiger partial charge >= 0.3 is 0 Å². The third-order valence-electron chi connectivity index (χ3n) is 4.70. The van der Waals surface area contributed by atoms with Crippen LogP contribution in [0.4, 0.5) is 0 Å². The molecule has 0 aliphatic rings. The smallest absolute Gasteiger partial charge is 0.261 e. The van der Waals surface area contributed by atoms with E-state index < -0.39 is 0 Å². The molecule has 148 valence electrons. The second-order valence-corrected chi connectivity index (χ2v) is 7.39. The molecule has 2 aromatic heterocycles. The van der Waals surface area contributed by atoms with E-state index in [0.717, 1.165) is 10.4 Å². The molecule has 0 amide bonds. The average molecular weight is 408 g/mol. The van der Waals surface area contributed by atoms with E-state index in [1.807, 2.05) is 35.7 Å². The van der Waals surface area contributed by atoms with Gasteiger partial charge in [-0.1, -0.05) is 6.07 Å². The molecule has 0 radical (unpaired) electrons. The summed E-state index contributed by atoms with van der Waals surface area (Å²) >= 11 is 1.60. The lowest BCUT2D eigenvalue weighted by atomic mass is 10.1. The van der Waals surface area contributed by atoms with Gasteiger partial charge in [0.2, 0.25) is 0 Å². The van der Waals surface area contributed by atoms with Gasteiger partial charge in [0.1, 0.15) is 11.6 Å². The number of nitrogens with zero attached hydrogens (tertiary/aromatic N) is 2. The minimum absolute atomic E-state index is 0.101. The van der Waals surface area contributed by atoms with Crippen LogP contribution in [0.25, 0.3) is 22.3 Å². The quantitative estimate of drug-likeness (QED) is 0.479. The summed E-state index contributed by atoms with van der Waals surface area (Å²) in [6.07, 6.45) is 0. The molecular weight excluding hydrogens is 388 g/mol. The van der Waals surface area contributed by atoms with Crippen LogP contribution in [0.15, 0.2) is 58.7 Å². The zero-order chi connectivity index (χ0) is 20.4. The topological polar surface area (TPSA) is 62.6 Å². The number of ether oxygens (including phenoxy) is 3. The fourth-order valence-corrected chi connectivity index (χ4v) is 3.92. The Hall–Kier alpha value is -3.32. The van der Waals surface area contributed by atoms with Crippen LogP contribution >= 0.6 is 11.3 Å². The van der Waals surface area contributed by atoms with Gasteiger partial charge < -0.3 is 14.2 Å². The Labute approximate surface area is 171 Å². The normalized spacial score (nSPS) is 10.9. The summed E-state index contributed by atoms with van der Waals surface area (Å²) in [5, 5.41) is 2.54. The molecular formula is C22H20N2O4S. The Morgan fingerprint density at radius 1 is 0.966 bits per heavy atom. The molecule has 0 fully saturated rings. The van der Waals surface area contributed by atoms with E-state index >= 15 is 0 Å². The van der Waals surface area contributed by atoms with Crippen LogP contribution in [0.3, 0.4) is 0 Å². The molecule has 0 bridgehead atoms. The Bertz CT molecular complexity index is 1220. The van der Waals surface area contributed by atoms with Crippen molar-refractivity contribution in [2.45, 2.75) is 6.54 Å². The fourth-order valence-electron chi connectivity index (χ4n) is 3.23. The zero-order valence-electron chi connectivity index (χ0n) is 16.3. The standard InChI is InChI=1S/C22H20N2O4S/c1-26-15-7-8-17-18(12-15)23-21(14-6-9-19(27-2)20(11-14)28-3)24(22(17)25)13-16-5-4-10-29-16/h4-12H,13H2,1-3H3. The molecule has 0 unspecified atom stereocenters. The maximum atomic E-state index is 13.4. The minimum atomic E-state index is -0.101. The van der Waals surface area contributed by atoms with E-state index in [1.165, 1.54) is 0 Å². The van der Waals surface area contributed by atoms with Crippen molar-refractivity contribution in [3.63, 3.8) is 0 Å². The van der Waals surface area contributed by atoms with Crippen LogP contribution in [-0.4, -0.2) is 30.9 Å². The Kier molecular flexibility index (Phi) is 5.22. The second kappa shape index (κ2) is 7.97. The zero-order valence-corrected chi connectivity index (χ0v) is 17.2. The number of fused-ring (bicyclic) bond motifs is 1. The first-order valence-electron chi connectivity index (χ1n) is 8.98. The molecule has 7 heteroatoms. The maximum absolute atomic E-state index is 13.4. The van der Waals surface area contributed by atoms with Crippen molar-refractivity contribution in [3.8, 4) is 28.6 Å². The Morgan fingerprint density at radius 2 is 1.79 bits per heavy atom. The number of aromatic nitrogens is 2. The van der Waals surface area contributed by atoms with E-state index in [-0.39, 0.29) is 5.56 Å². The summed E-state index contributed by atoms with van der Waals surface area (Å²) in [5.41, 5.74) is 1.25. The highest BCUT2D eigenvalue weighted by Gasteiger charge is 2.16. The van der Waals surface area contributed by atoms with Crippen molar-refractivity contribution in [2.24, 2.45) is 0 Å². The molecule has 6 nitrogen and oxygen atoms in total. The van der Waals surface area contributed by atoms with Crippen LogP contribution in [0.2, 0.25) is 0 Å². The highest BCUT2D eigenvalue weighted by atomic mass is 32.1. The summed E-state index contributed by atoms with van der Waals surface area (Å²) in [7, 11) is 4.76. The van der Waals surface area contributed by atoms with E-state index in [2.05, 4.69) is 0 Å². The molecule has 0 N–H and O–H groups in total. The summed E-state index contributed by atoms with van der Waals surface area (Å²) < 4.78 is 17.8. The van der Waals surface area contributed by atoms with Crippen molar-refractivity contribution in [1.29, 1.82) is 0 Å². The van der Waals surface area contributed by atoms with Gasteiger partial charge in [0.15, 0.2) is 11.5 Å².